The van der Waals surface area contributed by atoms with E-state index in [1.54, 1.807) is 13.8 Å². The summed E-state index contributed by atoms with van der Waals surface area (Å²) in [5.41, 5.74) is -0.499. The van der Waals surface area contributed by atoms with Crippen molar-refractivity contribution in [2.45, 2.75) is 48.0 Å². The summed E-state index contributed by atoms with van der Waals surface area (Å²) in [6.45, 7) is 11.3. The van der Waals surface area contributed by atoms with E-state index in [2.05, 4.69) is 6.07 Å². The molecule has 0 aromatic heterocycles. The first-order valence-electron chi connectivity index (χ1n) is 4.83. The molecule has 0 bridgehead atoms. The fourth-order valence-electron chi connectivity index (χ4n) is 0.679. The van der Waals surface area contributed by atoms with E-state index in [1.165, 1.54) is 0 Å². The summed E-state index contributed by atoms with van der Waals surface area (Å²) in [6.07, 6.45) is 0.362. The van der Waals surface area contributed by atoms with Gasteiger partial charge in [0, 0.05) is 12.3 Å². The second-order valence-corrected chi connectivity index (χ2v) is 3.79. The smallest absolute Gasteiger partial charge is 0.136 e. The van der Waals surface area contributed by atoms with E-state index in [-0.39, 0.29) is 11.7 Å². The molecule has 0 unspecified atom stereocenters. The van der Waals surface area contributed by atoms with Crippen molar-refractivity contribution in [1.29, 1.82) is 5.26 Å². The van der Waals surface area contributed by atoms with Crippen molar-refractivity contribution in [1.82, 2.24) is 0 Å². The molecule has 0 aromatic carbocycles. The number of hydrogen-bond donors (Lipinski definition) is 0. The van der Waals surface area contributed by atoms with E-state index in [0.29, 0.717) is 6.42 Å². The van der Waals surface area contributed by atoms with Gasteiger partial charge in [-0.2, -0.15) is 5.26 Å². The molecular formula is C11H21NO. The maximum absolute atomic E-state index is 11.2. The Bertz CT molecular complexity index is 187. The van der Waals surface area contributed by atoms with Crippen LogP contribution >= 0.6 is 0 Å². The highest BCUT2D eigenvalue weighted by Crippen LogP contribution is 2.20. The largest absolute Gasteiger partial charge is 0.299 e. The third-order valence-corrected chi connectivity index (χ3v) is 1.56. The number of carbonyl (C=O) groups excluding carboxylic acids is 1. The SMILES string of the molecule is CC.CC(C)C(=O)CC(C)(C)C#N. The molecule has 0 aliphatic rings. The molecule has 0 fully saturated rings. The van der Waals surface area contributed by atoms with Crippen LogP contribution in [0.1, 0.15) is 48.0 Å². The molecule has 0 atom stereocenters. The fourth-order valence-corrected chi connectivity index (χ4v) is 0.679. The molecule has 2 heteroatoms. The Morgan fingerprint density at radius 1 is 1.38 bits per heavy atom. The maximum atomic E-state index is 11.2. The van der Waals surface area contributed by atoms with Crippen molar-refractivity contribution in [3.63, 3.8) is 0 Å². The van der Waals surface area contributed by atoms with Crippen LogP contribution in [0.3, 0.4) is 0 Å². The first kappa shape index (κ1) is 14.7. The van der Waals surface area contributed by atoms with Crippen molar-refractivity contribution in [3.8, 4) is 6.07 Å². The zero-order chi connectivity index (χ0) is 11.1. The predicted molar refractivity (Wildman–Crippen MR) is 55.2 cm³/mol. The van der Waals surface area contributed by atoms with Gasteiger partial charge in [-0.05, 0) is 13.8 Å². The lowest BCUT2D eigenvalue weighted by Gasteiger charge is -2.14. The normalized spacial score (nSPS) is 10.0. The molecule has 0 N–H and O–H groups in total. The highest BCUT2D eigenvalue weighted by atomic mass is 16.1. The van der Waals surface area contributed by atoms with E-state index in [4.69, 9.17) is 5.26 Å². The Morgan fingerprint density at radius 3 is 2.00 bits per heavy atom. The topological polar surface area (TPSA) is 40.9 Å². The highest BCUT2D eigenvalue weighted by Gasteiger charge is 2.22. The fraction of sp³-hybridized carbons (Fsp3) is 0.818. The summed E-state index contributed by atoms with van der Waals surface area (Å²) in [5.74, 6) is 0.208. The Balaban J connectivity index is 0. The van der Waals surface area contributed by atoms with Gasteiger partial charge >= 0.3 is 0 Å². The lowest BCUT2D eigenvalue weighted by atomic mass is 9.86. The number of nitriles is 1. The van der Waals surface area contributed by atoms with E-state index >= 15 is 0 Å². The zero-order valence-corrected chi connectivity index (χ0v) is 9.64. The molecule has 13 heavy (non-hydrogen) atoms. The molecule has 0 radical (unpaired) electrons. The van der Waals surface area contributed by atoms with Crippen LogP contribution in [-0.4, -0.2) is 5.78 Å². The third-order valence-electron chi connectivity index (χ3n) is 1.56. The van der Waals surface area contributed by atoms with Crippen LogP contribution < -0.4 is 0 Å². The van der Waals surface area contributed by atoms with Crippen LogP contribution in [0.25, 0.3) is 0 Å². The second-order valence-electron chi connectivity index (χ2n) is 3.79. The maximum Gasteiger partial charge on any atom is 0.136 e. The van der Waals surface area contributed by atoms with Crippen LogP contribution in [0.4, 0.5) is 0 Å². The van der Waals surface area contributed by atoms with Crippen molar-refractivity contribution in [3.05, 3.63) is 0 Å². The first-order valence-corrected chi connectivity index (χ1v) is 4.83. The van der Waals surface area contributed by atoms with Crippen molar-refractivity contribution >= 4 is 5.78 Å². The average Bonchev–Trinajstić information content (AvgIpc) is 2.07. The molecule has 76 valence electrons. The van der Waals surface area contributed by atoms with Gasteiger partial charge < -0.3 is 0 Å². The summed E-state index contributed by atoms with van der Waals surface area (Å²) < 4.78 is 0. The minimum Gasteiger partial charge on any atom is -0.299 e. The molecule has 0 aliphatic heterocycles. The van der Waals surface area contributed by atoms with Crippen LogP contribution in [0.5, 0.6) is 0 Å². The highest BCUT2D eigenvalue weighted by molar-refractivity contribution is 5.81. The van der Waals surface area contributed by atoms with Gasteiger partial charge in [-0.3, -0.25) is 4.79 Å². The average molecular weight is 183 g/mol. The summed E-state index contributed by atoms with van der Waals surface area (Å²) in [5, 5.41) is 8.62. The van der Waals surface area contributed by atoms with Crippen LogP contribution in [-0.2, 0) is 4.79 Å². The second kappa shape index (κ2) is 6.65. The monoisotopic (exact) mass is 183 g/mol. The lowest BCUT2D eigenvalue weighted by molar-refractivity contribution is -0.123. The molecule has 0 spiro atoms. The van der Waals surface area contributed by atoms with Gasteiger partial charge in [-0.1, -0.05) is 27.7 Å². The number of carbonyl (C=O) groups is 1. The molecule has 2 nitrogen and oxygen atoms in total. The Labute approximate surface area is 81.9 Å². The predicted octanol–water partition coefficient (Wildman–Crippen LogP) is 3.18. The van der Waals surface area contributed by atoms with Crippen LogP contribution in [0.2, 0.25) is 0 Å². The van der Waals surface area contributed by atoms with Gasteiger partial charge in [0.2, 0.25) is 0 Å². The van der Waals surface area contributed by atoms with Gasteiger partial charge in [-0.25, -0.2) is 0 Å². The molecule has 0 aromatic rings. The number of Topliss-reactive ketones (excluding diaryl/α,β-unsaturated/α-hetero) is 1. The van der Waals surface area contributed by atoms with Gasteiger partial charge in [0.25, 0.3) is 0 Å². The van der Waals surface area contributed by atoms with Crippen LogP contribution in [0.15, 0.2) is 0 Å². The number of ketones is 1. The molecule has 0 aliphatic carbocycles. The number of nitrogens with zero attached hydrogens (tertiary/aromatic N) is 1. The molecular weight excluding hydrogens is 162 g/mol. The summed E-state index contributed by atoms with van der Waals surface area (Å²) >= 11 is 0. The Hall–Kier alpha value is -0.840. The van der Waals surface area contributed by atoms with E-state index in [0.717, 1.165) is 0 Å². The minimum absolute atomic E-state index is 0.0441. The van der Waals surface area contributed by atoms with Crippen molar-refractivity contribution in [2.24, 2.45) is 11.3 Å². The Morgan fingerprint density at radius 2 is 1.77 bits per heavy atom. The third kappa shape index (κ3) is 7.52. The van der Waals surface area contributed by atoms with Gasteiger partial charge in [0.1, 0.15) is 5.78 Å². The lowest BCUT2D eigenvalue weighted by Crippen LogP contribution is -2.18. The van der Waals surface area contributed by atoms with E-state index in [9.17, 15) is 4.79 Å². The summed E-state index contributed by atoms with van der Waals surface area (Å²) in [6, 6.07) is 2.11. The zero-order valence-electron chi connectivity index (χ0n) is 9.64. The van der Waals surface area contributed by atoms with Gasteiger partial charge in [0.05, 0.1) is 11.5 Å². The molecule has 0 rings (SSSR count). The summed E-state index contributed by atoms with van der Waals surface area (Å²) in [7, 11) is 0. The Kier molecular flexibility index (Phi) is 7.51. The van der Waals surface area contributed by atoms with Gasteiger partial charge in [-0.15, -0.1) is 0 Å². The van der Waals surface area contributed by atoms with Crippen LogP contribution in [0, 0.1) is 22.7 Å². The molecule has 0 amide bonds. The minimum atomic E-state index is -0.499. The van der Waals surface area contributed by atoms with E-state index < -0.39 is 5.41 Å². The number of rotatable bonds is 3. The summed E-state index contributed by atoms with van der Waals surface area (Å²) in [4.78, 5) is 11.2. The first-order chi connectivity index (χ1) is 5.89. The standard InChI is InChI=1S/C9H15NO.C2H6/c1-7(2)8(11)5-9(3,4)6-10;1-2/h7H,5H2,1-4H3;1-2H3. The van der Waals surface area contributed by atoms with Crippen molar-refractivity contribution < 1.29 is 4.79 Å². The van der Waals surface area contributed by atoms with E-state index in [1.807, 2.05) is 27.7 Å². The number of hydrogen-bond acceptors (Lipinski definition) is 2. The molecule has 0 saturated carbocycles. The van der Waals surface area contributed by atoms with Gasteiger partial charge in [0.15, 0.2) is 0 Å². The van der Waals surface area contributed by atoms with Crippen molar-refractivity contribution in [2.75, 3.05) is 0 Å². The molecule has 0 heterocycles. The molecule has 0 saturated heterocycles. The quantitative estimate of drug-likeness (QED) is 0.674.